The summed E-state index contributed by atoms with van der Waals surface area (Å²) in [4.78, 5) is 17.1. The Labute approximate surface area is 199 Å². The van der Waals surface area contributed by atoms with Gasteiger partial charge >= 0.3 is 0 Å². The van der Waals surface area contributed by atoms with Gasteiger partial charge in [0.1, 0.15) is 23.1 Å². The minimum atomic E-state index is -0.976. The van der Waals surface area contributed by atoms with Crippen molar-refractivity contribution in [1.29, 1.82) is 0 Å². The van der Waals surface area contributed by atoms with Gasteiger partial charge in [-0.15, -0.1) is 0 Å². The van der Waals surface area contributed by atoms with Crippen LogP contribution < -0.4 is 15.4 Å². The van der Waals surface area contributed by atoms with Gasteiger partial charge in [0.05, 0.1) is 35.8 Å². The zero-order valence-electron chi connectivity index (χ0n) is 20.1. The number of amides is 1. The highest BCUT2D eigenvalue weighted by molar-refractivity contribution is 5.81. The Kier molecular flexibility index (Phi) is 8.60. The molecule has 0 fully saturated rings. The lowest BCUT2D eigenvalue weighted by Gasteiger charge is -2.20. The van der Waals surface area contributed by atoms with Crippen LogP contribution in [-0.4, -0.2) is 52.0 Å². The van der Waals surface area contributed by atoms with Gasteiger partial charge in [-0.2, -0.15) is 0 Å². The highest BCUT2D eigenvalue weighted by atomic mass is 19.1. The number of hydrogen-bond acceptors (Lipinski definition) is 6. The monoisotopic (exact) mass is 472 g/mol. The predicted octanol–water partition coefficient (Wildman–Crippen LogP) is 3.37. The van der Waals surface area contributed by atoms with E-state index in [4.69, 9.17) is 14.5 Å². The number of fused-ring (bicyclic) bond motifs is 1. The summed E-state index contributed by atoms with van der Waals surface area (Å²) in [5.41, 5.74) is 0.685. The third-order valence-corrected chi connectivity index (χ3v) is 5.17. The third-order valence-electron chi connectivity index (χ3n) is 5.17. The summed E-state index contributed by atoms with van der Waals surface area (Å²) in [6, 6.07) is 11.0. The van der Waals surface area contributed by atoms with Crippen molar-refractivity contribution >= 4 is 16.9 Å². The molecule has 9 heteroatoms. The highest BCUT2D eigenvalue weighted by Crippen LogP contribution is 2.26. The fraction of sp³-hybridized carbons (Fsp3) is 0.440. The molecule has 1 aromatic heterocycles. The second-order valence-corrected chi connectivity index (χ2v) is 8.72. The number of nitrogens with one attached hydrogen (secondary N) is 2. The van der Waals surface area contributed by atoms with Gasteiger partial charge in [0, 0.05) is 25.8 Å². The molecule has 34 heavy (non-hydrogen) atoms. The molecule has 0 aliphatic heterocycles. The van der Waals surface area contributed by atoms with Crippen LogP contribution in [0.1, 0.15) is 33.5 Å². The number of imidazole rings is 1. The van der Waals surface area contributed by atoms with Gasteiger partial charge in [0.25, 0.3) is 0 Å². The van der Waals surface area contributed by atoms with E-state index in [-0.39, 0.29) is 18.3 Å². The van der Waals surface area contributed by atoms with Crippen molar-refractivity contribution in [3.05, 3.63) is 54.1 Å². The number of nitrogens with zero attached hydrogens (tertiary/aromatic N) is 2. The number of hydrogen-bond donors (Lipinski definition) is 3. The molecule has 1 amide bonds. The summed E-state index contributed by atoms with van der Waals surface area (Å²) in [7, 11) is 0. The second-order valence-electron chi connectivity index (χ2n) is 8.72. The summed E-state index contributed by atoms with van der Waals surface area (Å²) in [5, 5.41) is 15.8. The zero-order valence-corrected chi connectivity index (χ0v) is 20.1. The molecule has 1 heterocycles. The number of benzene rings is 2. The van der Waals surface area contributed by atoms with E-state index in [2.05, 4.69) is 10.6 Å². The normalized spacial score (nSPS) is 12.6. The average molecular weight is 473 g/mol. The molecule has 0 radical (unpaired) electrons. The maximum absolute atomic E-state index is 13.2. The van der Waals surface area contributed by atoms with E-state index in [1.54, 1.807) is 32.9 Å². The molecule has 0 bridgehead atoms. The van der Waals surface area contributed by atoms with Crippen LogP contribution >= 0.6 is 0 Å². The number of carbonyl (C=O) groups excluding carboxylic acids is 1. The molecule has 0 aliphatic rings. The molecule has 3 N–H and O–H groups in total. The van der Waals surface area contributed by atoms with Gasteiger partial charge in [0.15, 0.2) is 0 Å². The molecule has 0 saturated heterocycles. The molecule has 2 aromatic carbocycles. The van der Waals surface area contributed by atoms with E-state index in [9.17, 15) is 14.3 Å². The van der Waals surface area contributed by atoms with E-state index < -0.39 is 11.6 Å². The molecule has 0 spiro atoms. The van der Waals surface area contributed by atoms with E-state index >= 15 is 0 Å². The van der Waals surface area contributed by atoms with Crippen molar-refractivity contribution in [3.8, 4) is 11.5 Å². The van der Waals surface area contributed by atoms with E-state index in [1.165, 1.54) is 12.1 Å². The Morgan fingerprint density at radius 3 is 2.59 bits per heavy atom. The number of halogens is 1. The van der Waals surface area contributed by atoms with Crippen LogP contribution in [0.3, 0.4) is 0 Å². The molecule has 8 nitrogen and oxygen atoms in total. The van der Waals surface area contributed by atoms with E-state index in [0.717, 1.165) is 16.9 Å². The van der Waals surface area contributed by atoms with Crippen molar-refractivity contribution in [1.82, 2.24) is 20.2 Å². The zero-order chi connectivity index (χ0) is 24.7. The summed E-state index contributed by atoms with van der Waals surface area (Å²) >= 11 is 0. The van der Waals surface area contributed by atoms with Gasteiger partial charge in [0.2, 0.25) is 5.91 Å². The van der Waals surface area contributed by atoms with Crippen LogP contribution in [-0.2, 0) is 22.6 Å². The van der Waals surface area contributed by atoms with Gasteiger partial charge in [-0.25, -0.2) is 9.37 Å². The van der Waals surface area contributed by atoms with Crippen molar-refractivity contribution in [2.45, 2.75) is 52.4 Å². The van der Waals surface area contributed by atoms with Crippen molar-refractivity contribution in [2.24, 2.45) is 0 Å². The minimum absolute atomic E-state index is 0.168. The van der Waals surface area contributed by atoms with Crippen LogP contribution in [0.4, 0.5) is 4.39 Å². The number of ether oxygens (including phenoxy) is 2. The van der Waals surface area contributed by atoms with Crippen LogP contribution in [0.25, 0.3) is 11.0 Å². The molecule has 0 saturated carbocycles. The van der Waals surface area contributed by atoms with Crippen molar-refractivity contribution in [2.75, 3.05) is 19.8 Å². The van der Waals surface area contributed by atoms with Gasteiger partial charge < -0.3 is 24.5 Å². The summed E-state index contributed by atoms with van der Waals surface area (Å²) in [6.07, 6.45) is 0. The third kappa shape index (κ3) is 7.24. The lowest BCUT2D eigenvalue weighted by atomic mass is 10.1. The largest absolute Gasteiger partial charge is 0.457 e. The number of aliphatic hydroxyl groups is 1. The summed E-state index contributed by atoms with van der Waals surface area (Å²) < 4.78 is 26.7. The Balaban J connectivity index is 1.77. The molecular weight excluding hydrogens is 439 g/mol. The quantitative estimate of drug-likeness (QED) is 0.350. The fourth-order valence-electron chi connectivity index (χ4n) is 3.33. The second kappa shape index (κ2) is 11.4. The first-order chi connectivity index (χ1) is 16.2. The Bertz CT molecular complexity index is 1090. The molecule has 184 valence electrons. The fourth-order valence-corrected chi connectivity index (χ4v) is 3.33. The molecule has 1 atom stereocenters. The lowest BCUT2D eigenvalue weighted by Crippen LogP contribution is -2.46. The number of carbonyl (C=O) groups is 1. The summed E-state index contributed by atoms with van der Waals surface area (Å²) in [6.45, 7) is 9.23. The van der Waals surface area contributed by atoms with Crippen molar-refractivity contribution in [3.63, 3.8) is 0 Å². The van der Waals surface area contributed by atoms with Crippen LogP contribution in [0.15, 0.2) is 42.5 Å². The van der Waals surface area contributed by atoms with Crippen LogP contribution in [0.2, 0.25) is 0 Å². The minimum Gasteiger partial charge on any atom is -0.457 e. The maximum atomic E-state index is 13.2. The molecule has 3 rings (SSSR count). The van der Waals surface area contributed by atoms with Gasteiger partial charge in [-0.3, -0.25) is 10.1 Å². The SMILES string of the molecule is CCOCCn1c(CN[C@@H](C)C(=O)NCC(C)(C)O)nc2ccc(Oc3ccc(F)cc3)cc21. The van der Waals surface area contributed by atoms with Gasteiger partial charge in [-0.05, 0) is 64.1 Å². The molecule has 0 unspecified atom stereocenters. The van der Waals surface area contributed by atoms with Crippen LogP contribution in [0.5, 0.6) is 11.5 Å². The average Bonchev–Trinajstić information content (AvgIpc) is 3.14. The van der Waals surface area contributed by atoms with E-state index in [0.29, 0.717) is 37.8 Å². The number of aromatic nitrogens is 2. The van der Waals surface area contributed by atoms with Crippen molar-refractivity contribution < 1.29 is 23.8 Å². The first-order valence-electron chi connectivity index (χ1n) is 11.4. The smallest absolute Gasteiger partial charge is 0.236 e. The standard InChI is InChI=1S/C25H33FN4O4/c1-5-33-13-12-30-22-14-20(34-19-8-6-18(26)7-9-19)10-11-21(22)29-23(30)15-27-17(2)24(31)28-16-25(3,4)32/h6-11,14,17,27,32H,5,12-13,15-16H2,1-4H3,(H,28,31)/t17-/m0/s1. The molecular formula is C25H33FN4O4. The van der Waals surface area contributed by atoms with Crippen LogP contribution in [0, 0.1) is 5.82 Å². The number of rotatable bonds is 12. The molecule has 0 aliphatic carbocycles. The Morgan fingerprint density at radius 2 is 1.91 bits per heavy atom. The maximum Gasteiger partial charge on any atom is 0.236 e. The lowest BCUT2D eigenvalue weighted by molar-refractivity contribution is -0.123. The Hall–Kier alpha value is -3.01. The Morgan fingerprint density at radius 1 is 1.21 bits per heavy atom. The summed E-state index contributed by atoms with van der Waals surface area (Å²) in [5.74, 6) is 1.38. The van der Waals surface area contributed by atoms with Gasteiger partial charge in [-0.1, -0.05) is 0 Å². The molecule has 3 aromatic rings. The first-order valence-corrected chi connectivity index (χ1v) is 11.4. The predicted molar refractivity (Wildman–Crippen MR) is 128 cm³/mol. The first kappa shape index (κ1) is 25.6. The highest BCUT2D eigenvalue weighted by Gasteiger charge is 2.19. The topological polar surface area (TPSA) is 97.6 Å². The van der Waals surface area contributed by atoms with E-state index in [1.807, 2.05) is 29.7 Å².